The second-order valence-corrected chi connectivity index (χ2v) is 16.2. The highest BCUT2D eigenvalue weighted by Gasteiger charge is 2.36. The Morgan fingerprint density at radius 2 is 0.881 bits per heavy atom. The van der Waals surface area contributed by atoms with E-state index in [1.54, 1.807) is 0 Å². The van der Waals surface area contributed by atoms with Gasteiger partial charge in [-0.15, -0.1) is 0 Å². The third-order valence-electron chi connectivity index (χ3n) is 12.3. The number of hydrogen-bond acceptors (Lipinski definition) is 2. The average molecular weight is 753 g/mol. The van der Waals surface area contributed by atoms with Crippen LogP contribution in [0.3, 0.4) is 0 Å². The Morgan fingerprint density at radius 1 is 0.322 bits per heavy atom. The van der Waals surface area contributed by atoms with Crippen molar-refractivity contribution in [2.75, 3.05) is 0 Å². The second-order valence-electron chi connectivity index (χ2n) is 16.2. The highest BCUT2D eigenvalue weighted by molar-refractivity contribution is 6.05. The summed E-state index contributed by atoms with van der Waals surface area (Å²) in [5.41, 5.74) is 17.5. The third kappa shape index (κ3) is 5.96. The number of nitrogens with zero attached hydrogens (tertiary/aromatic N) is 2. The molecule has 0 radical (unpaired) electrons. The zero-order chi connectivity index (χ0) is 39.5. The lowest BCUT2D eigenvalue weighted by Crippen LogP contribution is -2.14. The molecule has 0 N–H and O–H groups in total. The van der Waals surface area contributed by atoms with E-state index in [0.29, 0.717) is 5.82 Å². The fourth-order valence-corrected chi connectivity index (χ4v) is 9.28. The lowest BCUT2D eigenvalue weighted by molar-refractivity contribution is 0.660. The van der Waals surface area contributed by atoms with Crippen LogP contribution >= 0.6 is 0 Å². The van der Waals surface area contributed by atoms with Gasteiger partial charge in [-0.25, -0.2) is 9.97 Å². The van der Waals surface area contributed by atoms with Crippen LogP contribution in [-0.4, -0.2) is 9.97 Å². The van der Waals surface area contributed by atoms with Gasteiger partial charge in [0.1, 0.15) is 0 Å². The maximum absolute atomic E-state index is 5.32. The lowest BCUT2D eigenvalue weighted by Gasteiger charge is -2.21. The molecule has 11 rings (SSSR count). The van der Waals surface area contributed by atoms with Crippen molar-refractivity contribution >= 4 is 21.5 Å². The van der Waals surface area contributed by atoms with Crippen molar-refractivity contribution in [3.63, 3.8) is 0 Å². The zero-order valence-corrected chi connectivity index (χ0v) is 33.0. The van der Waals surface area contributed by atoms with Crippen LogP contribution in [0.25, 0.3) is 100.0 Å². The SMILES string of the molecule is CC1(C)c2ccccc2-c2c(-c3cccc(-c4ccc(-c5cc(-c6ccc7ccccc7c6)nc(-c6ccc(-c7ccccc7)cc6)n5)c5ccccc45)c3)cccc21. The van der Waals surface area contributed by atoms with Crippen LogP contribution in [0.5, 0.6) is 0 Å². The molecule has 0 amide bonds. The highest BCUT2D eigenvalue weighted by atomic mass is 14.9. The van der Waals surface area contributed by atoms with E-state index >= 15 is 0 Å². The molecule has 0 spiro atoms. The molecule has 1 aromatic heterocycles. The number of hydrogen-bond donors (Lipinski definition) is 0. The Labute approximate surface area is 345 Å². The molecule has 1 aliphatic carbocycles. The minimum Gasteiger partial charge on any atom is -0.228 e. The van der Waals surface area contributed by atoms with Gasteiger partial charge in [-0.2, -0.15) is 0 Å². The zero-order valence-electron chi connectivity index (χ0n) is 33.0. The first-order valence-electron chi connectivity index (χ1n) is 20.4. The van der Waals surface area contributed by atoms with Gasteiger partial charge in [0.15, 0.2) is 5.82 Å². The standard InChI is InChI=1S/C57H40N2/c1-57(2)51-24-11-10-22-50(51)55-46(23-13-25-52(55)57)43-19-12-18-42(35-43)45-32-33-49(48-21-9-8-20-47(45)48)54-36-53(44-31-28-38-16-6-7-17-41(38)34-44)58-56(59-54)40-29-26-39(27-30-40)37-14-4-3-5-15-37/h3-36H,1-2H3. The molecule has 2 heteroatoms. The van der Waals surface area contributed by atoms with E-state index < -0.39 is 0 Å². The van der Waals surface area contributed by atoms with Crippen molar-refractivity contribution in [3.05, 3.63) is 217 Å². The van der Waals surface area contributed by atoms with Crippen molar-refractivity contribution in [1.82, 2.24) is 9.97 Å². The van der Waals surface area contributed by atoms with Crippen LogP contribution in [0.4, 0.5) is 0 Å². The molecule has 278 valence electrons. The fourth-order valence-electron chi connectivity index (χ4n) is 9.28. The molecule has 0 saturated heterocycles. The van der Waals surface area contributed by atoms with Crippen LogP contribution in [0.1, 0.15) is 25.0 Å². The molecule has 10 aromatic rings. The molecule has 9 aromatic carbocycles. The van der Waals surface area contributed by atoms with Crippen LogP contribution in [-0.2, 0) is 5.41 Å². The molecule has 2 nitrogen and oxygen atoms in total. The Kier molecular flexibility index (Phi) is 8.20. The summed E-state index contributed by atoms with van der Waals surface area (Å²) < 4.78 is 0. The predicted octanol–water partition coefficient (Wildman–Crippen LogP) is 15.1. The summed E-state index contributed by atoms with van der Waals surface area (Å²) in [7, 11) is 0. The van der Waals surface area contributed by atoms with Crippen LogP contribution < -0.4 is 0 Å². The monoisotopic (exact) mass is 752 g/mol. The summed E-state index contributed by atoms with van der Waals surface area (Å²) in [6.07, 6.45) is 0. The van der Waals surface area contributed by atoms with Gasteiger partial charge >= 0.3 is 0 Å². The summed E-state index contributed by atoms with van der Waals surface area (Å²) in [5, 5.41) is 4.73. The van der Waals surface area contributed by atoms with Crippen LogP contribution in [0.2, 0.25) is 0 Å². The summed E-state index contributed by atoms with van der Waals surface area (Å²) >= 11 is 0. The largest absolute Gasteiger partial charge is 0.228 e. The van der Waals surface area contributed by atoms with Crippen LogP contribution in [0.15, 0.2) is 206 Å². The van der Waals surface area contributed by atoms with E-state index in [0.717, 1.165) is 39.0 Å². The minimum absolute atomic E-state index is 0.0494. The average Bonchev–Trinajstić information content (AvgIpc) is 3.54. The first-order valence-corrected chi connectivity index (χ1v) is 20.4. The quantitative estimate of drug-likeness (QED) is 0.169. The minimum atomic E-state index is -0.0494. The van der Waals surface area contributed by atoms with Crippen molar-refractivity contribution in [2.45, 2.75) is 19.3 Å². The van der Waals surface area contributed by atoms with Gasteiger partial charge in [-0.3, -0.25) is 0 Å². The molecule has 0 bridgehead atoms. The van der Waals surface area contributed by atoms with Gasteiger partial charge in [0.05, 0.1) is 11.4 Å². The first kappa shape index (κ1) is 34.8. The van der Waals surface area contributed by atoms with E-state index in [9.17, 15) is 0 Å². The van der Waals surface area contributed by atoms with Gasteiger partial charge in [-0.05, 0) is 95.4 Å². The molecule has 0 saturated carbocycles. The molecule has 0 aliphatic heterocycles. The van der Waals surface area contributed by atoms with Gasteiger partial charge in [0, 0.05) is 22.1 Å². The number of fused-ring (bicyclic) bond motifs is 5. The summed E-state index contributed by atoms with van der Waals surface area (Å²) in [4.78, 5) is 10.6. The molecule has 1 aliphatic rings. The Bertz CT molecular complexity index is 3230. The summed E-state index contributed by atoms with van der Waals surface area (Å²) in [6, 6.07) is 74.4. The maximum atomic E-state index is 5.32. The number of aromatic nitrogens is 2. The first-order chi connectivity index (χ1) is 29.0. The smallest absolute Gasteiger partial charge is 0.160 e. The molecule has 0 atom stereocenters. The van der Waals surface area contributed by atoms with E-state index in [1.807, 2.05) is 6.07 Å². The normalized spacial score (nSPS) is 12.7. The Morgan fingerprint density at radius 3 is 1.71 bits per heavy atom. The van der Waals surface area contributed by atoms with E-state index in [4.69, 9.17) is 9.97 Å². The van der Waals surface area contributed by atoms with Gasteiger partial charge in [-0.1, -0.05) is 202 Å². The maximum Gasteiger partial charge on any atom is 0.160 e. The van der Waals surface area contributed by atoms with Gasteiger partial charge in [0.25, 0.3) is 0 Å². The van der Waals surface area contributed by atoms with E-state index in [2.05, 4.69) is 214 Å². The van der Waals surface area contributed by atoms with Crippen LogP contribution in [0, 0.1) is 0 Å². The van der Waals surface area contributed by atoms with E-state index in [1.165, 1.54) is 66.2 Å². The van der Waals surface area contributed by atoms with Gasteiger partial charge < -0.3 is 0 Å². The number of benzene rings is 9. The molecule has 59 heavy (non-hydrogen) atoms. The lowest BCUT2D eigenvalue weighted by atomic mass is 9.82. The molecule has 0 fully saturated rings. The Hall–Kier alpha value is -7.42. The molecular weight excluding hydrogens is 713 g/mol. The van der Waals surface area contributed by atoms with Gasteiger partial charge in [0.2, 0.25) is 0 Å². The van der Waals surface area contributed by atoms with Crippen molar-refractivity contribution in [3.8, 4) is 78.4 Å². The Balaban J connectivity index is 1.04. The molecule has 1 heterocycles. The van der Waals surface area contributed by atoms with Crippen molar-refractivity contribution in [2.24, 2.45) is 0 Å². The fraction of sp³-hybridized carbons (Fsp3) is 0.0526. The summed E-state index contributed by atoms with van der Waals surface area (Å²) in [5.74, 6) is 0.700. The van der Waals surface area contributed by atoms with Crippen molar-refractivity contribution in [1.29, 1.82) is 0 Å². The highest BCUT2D eigenvalue weighted by Crippen LogP contribution is 2.52. The van der Waals surface area contributed by atoms with E-state index in [-0.39, 0.29) is 5.41 Å². The predicted molar refractivity (Wildman–Crippen MR) is 247 cm³/mol. The molecule has 0 unspecified atom stereocenters. The second kappa shape index (κ2) is 13.9. The molecular formula is C57H40N2. The van der Waals surface area contributed by atoms with Crippen molar-refractivity contribution < 1.29 is 0 Å². The topological polar surface area (TPSA) is 25.8 Å². The summed E-state index contributed by atoms with van der Waals surface area (Å²) in [6.45, 7) is 4.69. The number of rotatable bonds is 6. The third-order valence-corrected chi connectivity index (χ3v) is 12.3.